The van der Waals surface area contributed by atoms with E-state index in [0.29, 0.717) is 34.1 Å². The van der Waals surface area contributed by atoms with Crippen molar-refractivity contribution >= 4 is 33.7 Å². The Morgan fingerprint density at radius 2 is 1.63 bits per heavy atom. The van der Waals surface area contributed by atoms with Gasteiger partial charge in [-0.15, -0.1) is 11.3 Å². The highest BCUT2D eigenvalue weighted by Gasteiger charge is 2.36. The highest BCUT2D eigenvalue weighted by molar-refractivity contribution is 7.10. The lowest BCUT2D eigenvalue weighted by molar-refractivity contribution is -0.138. The number of pyridine rings is 2. The maximum absolute atomic E-state index is 13.2. The molecule has 1 aromatic carbocycles. The molecule has 0 atom stereocenters. The van der Waals surface area contributed by atoms with E-state index in [1.54, 1.807) is 12.1 Å². The van der Waals surface area contributed by atoms with Gasteiger partial charge >= 0.3 is 12.4 Å². The van der Waals surface area contributed by atoms with Gasteiger partial charge in [0.15, 0.2) is 0 Å². The highest BCUT2D eigenvalue weighted by atomic mass is 32.1. The summed E-state index contributed by atoms with van der Waals surface area (Å²) in [6.45, 7) is 0. The number of rotatable bonds is 3. The van der Waals surface area contributed by atoms with Crippen molar-refractivity contribution in [2.24, 2.45) is 0 Å². The molecule has 0 saturated carbocycles. The average Bonchev–Trinajstić information content (AvgIpc) is 3.18. The van der Waals surface area contributed by atoms with E-state index in [-0.39, 0.29) is 17.1 Å². The maximum atomic E-state index is 13.2. The summed E-state index contributed by atoms with van der Waals surface area (Å²) >= 11 is 0.507. The Balaban J connectivity index is 1.68. The first-order valence-corrected chi connectivity index (χ1v) is 9.21. The topological polar surface area (TPSA) is 50.7 Å². The third-order valence-corrected chi connectivity index (χ3v) is 5.07. The Hall–Kier alpha value is -3.21. The molecular weight excluding hydrogens is 430 g/mol. The molecule has 0 amide bonds. The fourth-order valence-electron chi connectivity index (χ4n) is 2.83. The van der Waals surface area contributed by atoms with Crippen LogP contribution >= 0.6 is 11.3 Å². The van der Waals surface area contributed by atoms with E-state index in [4.69, 9.17) is 0 Å². The van der Waals surface area contributed by atoms with Crippen LogP contribution in [0, 0.1) is 0 Å². The summed E-state index contributed by atoms with van der Waals surface area (Å²) in [5.74, 6) is 0.179. The van der Waals surface area contributed by atoms with Gasteiger partial charge in [0, 0.05) is 23.3 Å². The summed E-state index contributed by atoms with van der Waals surface area (Å²) in [5.41, 5.74) is 1.22. The van der Waals surface area contributed by atoms with E-state index in [0.717, 1.165) is 11.6 Å². The van der Waals surface area contributed by atoms with Crippen molar-refractivity contribution in [2.45, 2.75) is 12.4 Å². The van der Waals surface area contributed by atoms with Gasteiger partial charge in [-0.2, -0.15) is 26.3 Å². The first kappa shape index (κ1) is 20.1. The molecule has 0 bridgehead atoms. The lowest BCUT2D eigenvalue weighted by Gasteiger charge is -2.11. The van der Waals surface area contributed by atoms with Gasteiger partial charge in [-0.25, -0.2) is 9.97 Å². The van der Waals surface area contributed by atoms with Crippen molar-refractivity contribution in [3.8, 4) is 11.3 Å². The summed E-state index contributed by atoms with van der Waals surface area (Å²) < 4.78 is 77.5. The van der Waals surface area contributed by atoms with Crippen molar-refractivity contribution in [3.05, 3.63) is 64.7 Å². The molecule has 4 aromatic rings. The minimum atomic E-state index is -4.52. The average molecular weight is 440 g/mol. The van der Waals surface area contributed by atoms with Crippen molar-refractivity contribution in [2.75, 3.05) is 5.32 Å². The van der Waals surface area contributed by atoms with E-state index in [1.807, 2.05) is 0 Å². The number of fused-ring (bicyclic) bond motifs is 1. The number of halogens is 6. The summed E-state index contributed by atoms with van der Waals surface area (Å²) in [6.07, 6.45) is -6.86. The van der Waals surface area contributed by atoms with Gasteiger partial charge in [0.05, 0.1) is 28.0 Å². The quantitative estimate of drug-likeness (QED) is 0.368. The third-order valence-electron chi connectivity index (χ3n) is 4.19. The molecule has 0 spiro atoms. The van der Waals surface area contributed by atoms with Crippen LogP contribution in [0.1, 0.15) is 10.4 Å². The monoisotopic (exact) mass is 440 g/mol. The fraction of sp³-hybridized carbons (Fsp3) is 0.105. The van der Waals surface area contributed by atoms with Crippen LogP contribution in [0.5, 0.6) is 0 Å². The number of aromatic nitrogens is 3. The molecule has 1 N–H and O–H groups in total. The molecule has 0 fully saturated rings. The van der Waals surface area contributed by atoms with Crippen molar-refractivity contribution in [3.63, 3.8) is 0 Å². The second-order valence-electron chi connectivity index (χ2n) is 6.17. The largest absolute Gasteiger partial charge is 0.427 e. The molecule has 3 aromatic heterocycles. The van der Waals surface area contributed by atoms with Crippen LogP contribution in [0.25, 0.3) is 22.2 Å². The molecule has 30 heavy (non-hydrogen) atoms. The molecule has 0 aliphatic heterocycles. The molecular formula is C19H10F6N4S. The van der Waals surface area contributed by atoms with Gasteiger partial charge in [-0.3, -0.25) is 4.98 Å². The van der Waals surface area contributed by atoms with E-state index in [2.05, 4.69) is 20.3 Å². The predicted octanol–water partition coefficient (Wildman–Crippen LogP) is 6.53. The minimum absolute atomic E-state index is 0.179. The molecule has 0 unspecified atom stereocenters. The number of benzene rings is 1. The Labute approximate surface area is 169 Å². The van der Waals surface area contributed by atoms with Gasteiger partial charge in [0.25, 0.3) is 0 Å². The second kappa shape index (κ2) is 7.24. The molecule has 0 aliphatic rings. The lowest BCUT2D eigenvalue weighted by atomic mass is 10.1. The third kappa shape index (κ3) is 3.92. The van der Waals surface area contributed by atoms with Crippen LogP contribution in [-0.2, 0) is 12.4 Å². The fourth-order valence-corrected chi connectivity index (χ4v) is 3.51. The first-order chi connectivity index (χ1) is 14.1. The van der Waals surface area contributed by atoms with Crippen molar-refractivity contribution < 1.29 is 26.3 Å². The SMILES string of the molecule is FC(F)(F)c1ccc(Nc2ccnc3cc(-c4ncsc4C(F)(F)F)ccc23)nc1. The van der Waals surface area contributed by atoms with Crippen LogP contribution in [0.15, 0.2) is 54.3 Å². The zero-order valence-electron chi connectivity index (χ0n) is 14.7. The lowest BCUT2D eigenvalue weighted by Crippen LogP contribution is -2.06. The maximum Gasteiger partial charge on any atom is 0.427 e. The predicted molar refractivity (Wildman–Crippen MR) is 100 cm³/mol. The van der Waals surface area contributed by atoms with Gasteiger partial charge in [-0.1, -0.05) is 12.1 Å². The molecule has 4 nitrogen and oxygen atoms in total. The summed E-state index contributed by atoms with van der Waals surface area (Å²) in [5, 5.41) is 3.47. The number of anilines is 2. The number of nitrogens with zero attached hydrogens (tertiary/aromatic N) is 3. The number of nitrogens with one attached hydrogen (secondary N) is 1. The Kier molecular flexibility index (Phi) is 4.85. The van der Waals surface area contributed by atoms with Crippen LogP contribution in [-0.4, -0.2) is 15.0 Å². The van der Waals surface area contributed by atoms with E-state index in [1.165, 1.54) is 24.4 Å². The normalized spacial score (nSPS) is 12.3. The van der Waals surface area contributed by atoms with Crippen LogP contribution in [0.3, 0.4) is 0 Å². The van der Waals surface area contributed by atoms with Gasteiger partial charge in [0.1, 0.15) is 10.7 Å². The smallest absolute Gasteiger partial charge is 0.340 e. The molecule has 0 aliphatic carbocycles. The number of thiazole rings is 1. The highest BCUT2D eigenvalue weighted by Crippen LogP contribution is 2.40. The van der Waals surface area contributed by atoms with Crippen LogP contribution in [0.2, 0.25) is 0 Å². The van der Waals surface area contributed by atoms with E-state index >= 15 is 0 Å². The zero-order chi connectivity index (χ0) is 21.5. The van der Waals surface area contributed by atoms with Crippen LogP contribution in [0.4, 0.5) is 37.8 Å². The minimum Gasteiger partial charge on any atom is -0.340 e. The van der Waals surface area contributed by atoms with E-state index in [9.17, 15) is 26.3 Å². The number of hydrogen-bond acceptors (Lipinski definition) is 5. The van der Waals surface area contributed by atoms with Crippen LogP contribution < -0.4 is 5.32 Å². The van der Waals surface area contributed by atoms with Crippen molar-refractivity contribution in [1.82, 2.24) is 15.0 Å². The summed E-state index contributed by atoms with van der Waals surface area (Å²) in [6, 6.07) is 8.21. The summed E-state index contributed by atoms with van der Waals surface area (Å²) in [7, 11) is 0. The van der Waals surface area contributed by atoms with Gasteiger partial charge < -0.3 is 5.32 Å². The standard InChI is InChI=1S/C19H10F6N4S/c20-18(21,22)11-2-4-15(27-8-11)29-13-5-6-26-14-7-10(1-3-12(13)14)16-17(19(23,24)25)30-9-28-16/h1-9H,(H,26,27,29). The molecule has 11 heteroatoms. The molecule has 0 radical (unpaired) electrons. The second-order valence-corrected chi connectivity index (χ2v) is 7.03. The zero-order valence-corrected chi connectivity index (χ0v) is 15.5. The molecule has 3 heterocycles. The van der Waals surface area contributed by atoms with E-state index < -0.39 is 22.8 Å². The summed E-state index contributed by atoms with van der Waals surface area (Å²) in [4.78, 5) is 11.0. The molecule has 4 rings (SSSR count). The first-order valence-electron chi connectivity index (χ1n) is 8.33. The Morgan fingerprint density at radius 1 is 0.833 bits per heavy atom. The Morgan fingerprint density at radius 3 is 2.30 bits per heavy atom. The number of alkyl halides is 6. The Bertz CT molecular complexity index is 1200. The molecule has 154 valence electrons. The van der Waals surface area contributed by atoms with Gasteiger partial charge in [0.2, 0.25) is 0 Å². The molecule has 0 saturated heterocycles. The van der Waals surface area contributed by atoms with Crippen molar-refractivity contribution in [1.29, 1.82) is 0 Å². The number of hydrogen-bond donors (Lipinski definition) is 1. The van der Waals surface area contributed by atoms with Gasteiger partial charge in [-0.05, 0) is 24.3 Å².